The van der Waals surface area contributed by atoms with E-state index in [1.807, 2.05) is 0 Å². The molecule has 3 amide bonds. The summed E-state index contributed by atoms with van der Waals surface area (Å²) in [4.78, 5) is 33.1. The van der Waals surface area contributed by atoms with E-state index in [0.717, 1.165) is 0 Å². The number of hydrogen-bond donors (Lipinski definition) is 3. The summed E-state index contributed by atoms with van der Waals surface area (Å²) in [6.45, 7) is 0. The summed E-state index contributed by atoms with van der Waals surface area (Å²) in [6, 6.07) is 0. The molecule has 0 bridgehead atoms. The second kappa shape index (κ2) is 5.06. The lowest BCUT2D eigenvalue weighted by Gasteiger charge is -1.98. The Morgan fingerprint density at radius 3 is 1.77 bits per heavy atom. The van der Waals surface area contributed by atoms with Crippen LogP contribution in [0.5, 0.6) is 0 Å². The van der Waals surface area contributed by atoms with E-state index in [1.54, 1.807) is 0 Å². The lowest BCUT2D eigenvalue weighted by atomic mass is 10.4. The molecule has 0 unspecified atom stereocenters. The van der Waals surface area contributed by atoms with Gasteiger partial charge in [-0.05, 0) is 0 Å². The zero-order valence-corrected chi connectivity index (χ0v) is 6.60. The van der Waals surface area contributed by atoms with Gasteiger partial charge in [0, 0.05) is 12.8 Å². The average molecular weight is 191 g/mol. The molecule has 1 saturated heterocycles. The standard InChI is InChI=1S/C4H5NO3.CH4N2O2/c6-3-1-2-4(7)5(3)8;2-1(4)5-3/h8H,1-2H2;3H2,(H2,2,4). The van der Waals surface area contributed by atoms with Crippen molar-refractivity contribution in [2.45, 2.75) is 12.8 Å². The summed E-state index contributed by atoms with van der Waals surface area (Å²) in [6.07, 6.45) is -0.671. The SMILES string of the molecule is NOC(N)=O.O=C1CCC(=O)N1O. The Balaban J connectivity index is 0.000000252. The molecule has 1 aliphatic heterocycles. The lowest BCUT2D eigenvalue weighted by Crippen LogP contribution is -2.24. The van der Waals surface area contributed by atoms with E-state index in [1.165, 1.54) is 0 Å². The molecular weight excluding hydrogens is 182 g/mol. The van der Waals surface area contributed by atoms with Gasteiger partial charge in [0.15, 0.2) is 0 Å². The fraction of sp³-hybridized carbons (Fsp3) is 0.400. The van der Waals surface area contributed by atoms with Crippen LogP contribution in [0.15, 0.2) is 0 Å². The third-order valence-electron chi connectivity index (χ3n) is 1.14. The summed E-state index contributed by atoms with van der Waals surface area (Å²) in [5.74, 6) is 3.19. The van der Waals surface area contributed by atoms with E-state index in [4.69, 9.17) is 5.21 Å². The largest absolute Gasteiger partial charge is 0.423 e. The highest BCUT2D eigenvalue weighted by molar-refractivity contribution is 6.00. The van der Waals surface area contributed by atoms with Gasteiger partial charge in [0.2, 0.25) is 0 Å². The van der Waals surface area contributed by atoms with Crippen LogP contribution >= 0.6 is 0 Å². The Labute approximate surface area is 72.9 Å². The van der Waals surface area contributed by atoms with E-state index in [2.05, 4.69) is 16.5 Å². The molecule has 1 aliphatic rings. The van der Waals surface area contributed by atoms with Crippen molar-refractivity contribution in [3.05, 3.63) is 0 Å². The number of imide groups is 1. The summed E-state index contributed by atoms with van der Waals surface area (Å²) >= 11 is 0. The fourth-order valence-electron chi connectivity index (χ4n) is 0.565. The van der Waals surface area contributed by atoms with Crippen LogP contribution in [0.4, 0.5) is 4.79 Å². The predicted octanol–water partition coefficient (Wildman–Crippen LogP) is -1.52. The van der Waals surface area contributed by atoms with Gasteiger partial charge >= 0.3 is 6.09 Å². The highest BCUT2D eigenvalue weighted by atomic mass is 16.7. The van der Waals surface area contributed by atoms with E-state index in [9.17, 15) is 14.4 Å². The molecule has 0 aromatic carbocycles. The van der Waals surface area contributed by atoms with Gasteiger partial charge in [-0.1, -0.05) is 0 Å². The van der Waals surface area contributed by atoms with Gasteiger partial charge in [0.1, 0.15) is 0 Å². The molecule has 8 nitrogen and oxygen atoms in total. The number of nitrogens with zero attached hydrogens (tertiary/aromatic N) is 1. The fourth-order valence-corrected chi connectivity index (χ4v) is 0.565. The van der Waals surface area contributed by atoms with Gasteiger partial charge < -0.3 is 10.6 Å². The van der Waals surface area contributed by atoms with Gasteiger partial charge in [0.25, 0.3) is 11.8 Å². The number of primary amides is 1. The van der Waals surface area contributed by atoms with Gasteiger partial charge in [-0.15, -0.1) is 0 Å². The smallest absolute Gasteiger partial charge is 0.357 e. The molecule has 0 aromatic rings. The highest BCUT2D eigenvalue weighted by Crippen LogP contribution is 2.06. The van der Waals surface area contributed by atoms with Crippen molar-refractivity contribution in [2.24, 2.45) is 11.6 Å². The highest BCUT2D eigenvalue weighted by Gasteiger charge is 2.26. The molecule has 0 atom stereocenters. The third kappa shape index (κ3) is 4.03. The van der Waals surface area contributed by atoms with Crippen molar-refractivity contribution in [3.8, 4) is 0 Å². The maximum atomic E-state index is 10.2. The molecule has 5 N–H and O–H groups in total. The maximum Gasteiger partial charge on any atom is 0.423 e. The number of hydrogen-bond acceptors (Lipinski definition) is 6. The van der Waals surface area contributed by atoms with E-state index < -0.39 is 17.9 Å². The van der Waals surface area contributed by atoms with E-state index in [0.29, 0.717) is 0 Å². The number of amides is 3. The first-order valence-corrected chi connectivity index (χ1v) is 3.20. The van der Waals surface area contributed by atoms with Crippen molar-refractivity contribution >= 4 is 17.9 Å². The first-order chi connectivity index (χ1) is 5.99. The number of hydroxylamine groups is 2. The van der Waals surface area contributed by atoms with Crippen LogP contribution in [-0.4, -0.2) is 28.2 Å². The normalized spacial score (nSPS) is 15.1. The Bertz CT molecular complexity index is 212. The molecule has 13 heavy (non-hydrogen) atoms. The van der Waals surface area contributed by atoms with Crippen molar-refractivity contribution < 1.29 is 24.4 Å². The first kappa shape index (κ1) is 11.3. The van der Waals surface area contributed by atoms with Gasteiger partial charge in [0.05, 0.1) is 0 Å². The van der Waals surface area contributed by atoms with Crippen molar-refractivity contribution in [1.82, 2.24) is 5.06 Å². The molecule has 1 fully saturated rings. The number of nitrogens with two attached hydrogens (primary N) is 2. The summed E-state index contributed by atoms with van der Waals surface area (Å²) in [7, 11) is 0. The van der Waals surface area contributed by atoms with Gasteiger partial charge in [-0.3, -0.25) is 14.8 Å². The number of carbonyl (C=O) groups is 3. The molecule has 1 heterocycles. The van der Waals surface area contributed by atoms with Gasteiger partial charge in [-0.2, -0.15) is 11.0 Å². The average Bonchev–Trinajstić information content (AvgIpc) is 2.37. The van der Waals surface area contributed by atoms with Crippen LogP contribution in [0, 0.1) is 0 Å². The maximum absolute atomic E-state index is 10.2. The van der Waals surface area contributed by atoms with Crippen LogP contribution in [0.2, 0.25) is 0 Å². The molecule has 0 radical (unpaired) electrons. The molecule has 74 valence electrons. The number of carbonyl (C=O) groups excluding carboxylic acids is 3. The minimum absolute atomic E-state index is 0.148. The first-order valence-electron chi connectivity index (χ1n) is 3.20. The monoisotopic (exact) mass is 191 g/mol. The number of rotatable bonds is 0. The van der Waals surface area contributed by atoms with E-state index >= 15 is 0 Å². The molecule has 0 aromatic heterocycles. The summed E-state index contributed by atoms with van der Waals surface area (Å²) in [5.41, 5.74) is 4.31. The van der Waals surface area contributed by atoms with Crippen LogP contribution in [-0.2, 0) is 14.4 Å². The van der Waals surface area contributed by atoms with Gasteiger partial charge in [-0.25, -0.2) is 4.79 Å². The topological polar surface area (TPSA) is 136 Å². The minimum atomic E-state index is -0.968. The second-order valence-electron chi connectivity index (χ2n) is 2.04. The van der Waals surface area contributed by atoms with Crippen LogP contribution in [0.1, 0.15) is 12.8 Å². The molecule has 0 saturated carbocycles. The zero-order chi connectivity index (χ0) is 10.4. The predicted molar refractivity (Wildman–Crippen MR) is 37.7 cm³/mol. The van der Waals surface area contributed by atoms with Crippen LogP contribution in [0.3, 0.4) is 0 Å². The third-order valence-corrected chi connectivity index (χ3v) is 1.14. The lowest BCUT2D eigenvalue weighted by molar-refractivity contribution is -0.171. The molecule has 0 aliphatic carbocycles. The van der Waals surface area contributed by atoms with Crippen molar-refractivity contribution in [3.63, 3.8) is 0 Å². The molecule has 0 spiro atoms. The Morgan fingerprint density at radius 2 is 1.69 bits per heavy atom. The van der Waals surface area contributed by atoms with Crippen LogP contribution < -0.4 is 11.6 Å². The summed E-state index contributed by atoms with van der Waals surface area (Å²) < 4.78 is 0. The molecular formula is C5H9N3O5. The molecule has 8 heteroatoms. The van der Waals surface area contributed by atoms with E-state index in [-0.39, 0.29) is 17.9 Å². The van der Waals surface area contributed by atoms with Crippen molar-refractivity contribution in [2.75, 3.05) is 0 Å². The quantitative estimate of drug-likeness (QED) is 0.241. The van der Waals surface area contributed by atoms with Crippen LogP contribution in [0.25, 0.3) is 0 Å². The summed E-state index contributed by atoms with van der Waals surface area (Å²) in [5, 5.41) is 8.57. The Kier molecular flexibility index (Phi) is 4.41. The molecule has 1 rings (SSSR count). The van der Waals surface area contributed by atoms with Crippen molar-refractivity contribution in [1.29, 1.82) is 0 Å². The Hall–Kier alpha value is -1.67. The minimum Gasteiger partial charge on any atom is -0.357 e. The second-order valence-corrected chi connectivity index (χ2v) is 2.04. The zero-order valence-electron chi connectivity index (χ0n) is 6.60. The Morgan fingerprint density at radius 1 is 1.38 bits per heavy atom.